The maximum atomic E-state index is 12.8. The van der Waals surface area contributed by atoms with Crippen LogP contribution in [0.1, 0.15) is 56.0 Å². The second kappa shape index (κ2) is 12.5. The minimum absolute atomic E-state index is 0.0239. The first-order valence-corrected chi connectivity index (χ1v) is 11.2. The second-order valence-corrected chi connectivity index (χ2v) is 7.71. The van der Waals surface area contributed by atoms with Gasteiger partial charge in [0.2, 0.25) is 11.8 Å². The molecule has 0 unspecified atom stereocenters. The fourth-order valence-corrected chi connectivity index (χ4v) is 3.26. The van der Waals surface area contributed by atoms with Crippen molar-refractivity contribution < 1.29 is 14.4 Å². The summed E-state index contributed by atoms with van der Waals surface area (Å²) >= 11 is 0. The summed E-state index contributed by atoms with van der Waals surface area (Å²) < 4.78 is 0. The van der Waals surface area contributed by atoms with E-state index in [1.165, 1.54) is 0 Å². The standard InChI is InChI=1S/C25H34N4O3/c1-5-13-29(14-6-2)25(32)19-9-8-10-21(15-19)27-24(31)17-26-20-12-11-18(4)22(16-20)28-23(30)7-3/h8-12,15-16,26H,5-7,13-14,17H2,1-4H3,(H,27,31)(H,28,30). The second-order valence-electron chi connectivity index (χ2n) is 7.71. The lowest BCUT2D eigenvalue weighted by molar-refractivity contribution is -0.116. The predicted octanol–water partition coefficient (Wildman–Crippen LogP) is 4.66. The third-order valence-electron chi connectivity index (χ3n) is 4.95. The van der Waals surface area contributed by atoms with Crippen LogP contribution in [0.3, 0.4) is 0 Å². The molecule has 0 aliphatic carbocycles. The number of aryl methyl sites for hydroxylation is 1. The highest BCUT2D eigenvalue weighted by molar-refractivity contribution is 5.98. The largest absolute Gasteiger partial charge is 0.376 e. The number of carbonyl (C=O) groups excluding carboxylic acids is 3. The number of anilines is 3. The smallest absolute Gasteiger partial charge is 0.253 e. The van der Waals surface area contributed by atoms with Gasteiger partial charge in [-0.2, -0.15) is 0 Å². The molecule has 0 fully saturated rings. The molecule has 2 aromatic carbocycles. The molecule has 0 heterocycles. The molecule has 7 heteroatoms. The molecule has 2 rings (SSSR count). The van der Waals surface area contributed by atoms with Crippen LogP contribution >= 0.6 is 0 Å². The molecule has 3 N–H and O–H groups in total. The number of hydrogen-bond donors (Lipinski definition) is 3. The molecule has 0 spiro atoms. The van der Waals surface area contributed by atoms with Crippen LogP contribution in [0, 0.1) is 6.92 Å². The third kappa shape index (κ3) is 7.41. The van der Waals surface area contributed by atoms with Crippen LogP contribution in [0.25, 0.3) is 0 Å². The molecule has 172 valence electrons. The number of amides is 3. The highest BCUT2D eigenvalue weighted by atomic mass is 16.2. The van der Waals surface area contributed by atoms with Gasteiger partial charge in [-0.05, 0) is 55.7 Å². The lowest BCUT2D eigenvalue weighted by Gasteiger charge is -2.21. The Bertz CT molecular complexity index is 937. The fraction of sp³-hybridized carbons (Fsp3) is 0.400. The van der Waals surface area contributed by atoms with Gasteiger partial charge in [-0.15, -0.1) is 0 Å². The van der Waals surface area contributed by atoms with Gasteiger partial charge in [0.1, 0.15) is 0 Å². The molecular weight excluding hydrogens is 404 g/mol. The Morgan fingerprint density at radius 2 is 1.56 bits per heavy atom. The highest BCUT2D eigenvalue weighted by Crippen LogP contribution is 2.20. The molecule has 0 radical (unpaired) electrons. The Balaban J connectivity index is 1.99. The summed E-state index contributed by atoms with van der Waals surface area (Å²) in [4.78, 5) is 38.8. The molecule has 2 aromatic rings. The van der Waals surface area contributed by atoms with Crippen LogP contribution in [0.4, 0.5) is 17.1 Å². The molecule has 0 aliphatic rings. The first kappa shape index (κ1) is 24.9. The van der Waals surface area contributed by atoms with E-state index in [9.17, 15) is 14.4 Å². The topological polar surface area (TPSA) is 90.5 Å². The van der Waals surface area contributed by atoms with Crippen LogP contribution in [-0.4, -0.2) is 42.3 Å². The molecule has 0 atom stereocenters. The fourth-order valence-electron chi connectivity index (χ4n) is 3.26. The Labute approximate surface area is 190 Å². The highest BCUT2D eigenvalue weighted by Gasteiger charge is 2.15. The van der Waals surface area contributed by atoms with Gasteiger partial charge in [-0.25, -0.2) is 0 Å². The van der Waals surface area contributed by atoms with Crippen molar-refractivity contribution in [1.82, 2.24) is 4.90 Å². The van der Waals surface area contributed by atoms with Gasteiger partial charge in [0.15, 0.2) is 0 Å². The Morgan fingerprint density at radius 1 is 0.844 bits per heavy atom. The number of hydrogen-bond acceptors (Lipinski definition) is 4. The van der Waals surface area contributed by atoms with Crippen molar-refractivity contribution in [2.24, 2.45) is 0 Å². The SMILES string of the molecule is CCCN(CCC)C(=O)c1cccc(NC(=O)CNc2ccc(C)c(NC(=O)CC)c2)c1. The summed E-state index contributed by atoms with van der Waals surface area (Å²) in [6.45, 7) is 9.29. The van der Waals surface area contributed by atoms with E-state index in [2.05, 4.69) is 16.0 Å². The van der Waals surface area contributed by atoms with E-state index < -0.39 is 0 Å². The lowest BCUT2D eigenvalue weighted by Crippen LogP contribution is -2.32. The molecule has 3 amide bonds. The summed E-state index contributed by atoms with van der Waals surface area (Å²) in [6, 6.07) is 12.6. The molecule has 0 aromatic heterocycles. The summed E-state index contributed by atoms with van der Waals surface area (Å²) in [5.41, 5.74) is 3.54. The van der Waals surface area contributed by atoms with Crippen LogP contribution in [-0.2, 0) is 9.59 Å². The van der Waals surface area contributed by atoms with E-state index in [0.717, 1.165) is 29.8 Å². The van der Waals surface area contributed by atoms with Gasteiger partial charge in [0.25, 0.3) is 5.91 Å². The van der Waals surface area contributed by atoms with E-state index in [1.54, 1.807) is 31.2 Å². The van der Waals surface area contributed by atoms with E-state index in [-0.39, 0.29) is 24.3 Å². The first-order valence-electron chi connectivity index (χ1n) is 11.2. The van der Waals surface area contributed by atoms with Crippen molar-refractivity contribution in [2.75, 3.05) is 35.6 Å². The summed E-state index contributed by atoms with van der Waals surface area (Å²) in [5.74, 6) is -0.314. The summed E-state index contributed by atoms with van der Waals surface area (Å²) in [7, 11) is 0. The van der Waals surface area contributed by atoms with Crippen LogP contribution < -0.4 is 16.0 Å². The number of nitrogens with one attached hydrogen (secondary N) is 3. The van der Waals surface area contributed by atoms with Crippen molar-refractivity contribution in [2.45, 2.75) is 47.0 Å². The van der Waals surface area contributed by atoms with Gasteiger partial charge in [0.05, 0.1) is 6.54 Å². The quantitative estimate of drug-likeness (QED) is 0.476. The van der Waals surface area contributed by atoms with Crippen molar-refractivity contribution in [1.29, 1.82) is 0 Å². The minimum Gasteiger partial charge on any atom is -0.376 e. The lowest BCUT2D eigenvalue weighted by atomic mass is 10.1. The Hall–Kier alpha value is -3.35. The predicted molar refractivity (Wildman–Crippen MR) is 130 cm³/mol. The van der Waals surface area contributed by atoms with Gasteiger partial charge >= 0.3 is 0 Å². The first-order chi connectivity index (χ1) is 15.4. The summed E-state index contributed by atoms with van der Waals surface area (Å²) in [6.07, 6.45) is 2.20. The van der Waals surface area contributed by atoms with Gasteiger partial charge < -0.3 is 20.9 Å². The Kier molecular flexibility index (Phi) is 9.73. The minimum atomic E-state index is -0.228. The van der Waals surface area contributed by atoms with Crippen molar-refractivity contribution in [3.63, 3.8) is 0 Å². The number of nitrogens with zero attached hydrogens (tertiary/aromatic N) is 1. The third-order valence-corrected chi connectivity index (χ3v) is 4.95. The molecule has 0 bridgehead atoms. The van der Waals surface area contributed by atoms with Gasteiger partial charge in [-0.1, -0.05) is 32.9 Å². The molecule has 0 saturated heterocycles. The molecule has 0 aliphatic heterocycles. The summed E-state index contributed by atoms with van der Waals surface area (Å²) in [5, 5.41) is 8.77. The average molecular weight is 439 g/mol. The number of benzene rings is 2. The zero-order valence-corrected chi connectivity index (χ0v) is 19.5. The van der Waals surface area contributed by atoms with E-state index in [0.29, 0.717) is 30.8 Å². The van der Waals surface area contributed by atoms with Crippen LogP contribution in [0.5, 0.6) is 0 Å². The Morgan fingerprint density at radius 3 is 2.22 bits per heavy atom. The maximum Gasteiger partial charge on any atom is 0.253 e. The van der Waals surface area contributed by atoms with Crippen LogP contribution in [0.15, 0.2) is 42.5 Å². The number of carbonyl (C=O) groups is 3. The molecule has 0 saturated carbocycles. The van der Waals surface area contributed by atoms with E-state index in [4.69, 9.17) is 0 Å². The molecule has 7 nitrogen and oxygen atoms in total. The van der Waals surface area contributed by atoms with Gasteiger partial charge in [-0.3, -0.25) is 14.4 Å². The van der Waals surface area contributed by atoms with Crippen LogP contribution in [0.2, 0.25) is 0 Å². The molecule has 32 heavy (non-hydrogen) atoms. The van der Waals surface area contributed by atoms with Crippen molar-refractivity contribution in [3.05, 3.63) is 53.6 Å². The average Bonchev–Trinajstić information content (AvgIpc) is 2.79. The van der Waals surface area contributed by atoms with Gasteiger partial charge in [0, 0.05) is 42.1 Å². The maximum absolute atomic E-state index is 12.8. The van der Waals surface area contributed by atoms with Crippen molar-refractivity contribution in [3.8, 4) is 0 Å². The zero-order chi connectivity index (χ0) is 23.5. The zero-order valence-electron chi connectivity index (χ0n) is 19.5. The van der Waals surface area contributed by atoms with Crippen molar-refractivity contribution >= 4 is 34.8 Å². The number of rotatable bonds is 11. The van der Waals surface area contributed by atoms with E-state index >= 15 is 0 Å². The molecular formula is C25H34N4O3. The van der Waals surface area contributed by atoms with E-state index in [1.807, 2.05) is 43.9 Å². The monoisotopic (exact) mass is 438 g/mol. The normalized spacial score (nSPS) is 10.4.